The van der Waals surface area contributed by atoms with Crippen molar-refractivity contribution >= 4 is 16.6 Å². The number of hydrogen-bond acceptors (Lipinski definition) is 2. The summed E-state index contributed by atoms with van der Waals surface area (Å²) in [6, 6.07) is 6.35. The molecule has 4 heteroatoms. The molecule has 3 aromatic rings. The Hall–Kier alpha value is -1.97. The van der Waals surface area contributed by atoms with Gasteiger partial charge in [-0.25, -0.2) is 13.9 Å². The van der Waals surface area contributed by atoms with Gasteiger partial charge in [0, 0.05) is 23.7 Å². The molecule has 0 saturated heterocycles. The molecule has 0 amide bonds. The zero-order chi connectivity index (χ0) is 9.54. The third kappa shape index (κ3) is 0.907. The molecule has 0 aliphatic rings. The van der Waals surface area contributed by atoms with Crippen LogP contribution in [-0.2, 0) is 0 Å². The second kappa shape index (κ2) is 2.51. The van der Waals surface area contributed by atoms with Crippen LogP contribution in [0.15, 0.2) is 36.7 Å². The number of halogens is 1. The Morgan fingerprint density at radius 3 is 3.07 bits per heavy atom. The topological polar surface area (TPSA) is 30.2 Å². The van der Waals surface area contributed by atoms with E-state index in [2.05, 4.69) is 10.1 Å². The van der Waals surface area contributed by atoms with Gasteiger partial charge >= 0.3 is 0 Å². The first-order valence-electron chi connectivity index (χ1n) is 4.22. The molecule has 14 heavy (non-hydrogen) atoms. The first-order chi connectivity index (χ1) is 6.84. The second-order valence-corrected chi connectivity index (χ2v) is 3.06. The molecule has 0 aliphatic carbocycles. The minimum Gasteiger partial charge on any atom is -0.236 e. The lowest BCUT2D eigenvalue weighted by Crippen LogP contribution is -1.92. The van der Waals surface area contributed by atoms with Crippen molar-refractivity contribution in [2.75, 3.05) is 0 Å². The van der Waals surface area contributed by atoms with Gasteiger partial charge in [-0.05, 0) is 12.1 Å². The van der Waals surface area contributed by atoms with E-state index in [1.807, 2.05) is 0 Å². The number of nitrogens with zero attached hydrogens (tertiary/aromatic N) is 3. The third-order valence-corrected chi connectivity index (χ3v) is 2.18. The van der Waals surface area contributed by atoms with E-state index in [1.54, 1.807) is 29.0 Å². The van der Waals surface area contributed by atoms with E-state index in [4.69, 9.17) is 0 Å². The molecule has 0 aliphatic heterocycles. The summed E-state index contributed by atoms with van der Waals surface area (Å²) in [6.45, 7) is 0. The molecular formula is C10H6FN3. The summed E-state index contributed by atoms with van der Waals surface area (Å²) in [4.78, 5) is 4.18. The van der Waals surface area contributed by atoms with Crippen LogP contribution in [0.2, 0.25) is 0 Å². The Bertz CT molecular complexity index is 615. The summed E-state index contributed by atoms with van der Waals surface area (Å²) in [6.07, 6.45) is 3.36. The van der Waals surface area contributed by atoms with Gasteiger partial charge in [-0.3, -0.25) is 0 Å². The van der Waals surface area contributed by atoms with Crippen LogP contribution in [0.25, 0.3) is 16.6 Å². The van der Waals surface area contributed by atoms with Crippen LogP contribution in [0.3, 0.4) is 0 Å². The van der Waals surface area contributed by atoms with Crippen LogP contribution in [-0.4, -0.2) is 14.6 Å². The summed E-state index contributed by atoms with van der Waals surface area (Å²) in [7, 11) is 0. The van der Waals surface area contributed by atoms with E-state index >= 15 is 0 Å². The summed E-state index contributed by atoms with van der Waals surface area (Å²) < 4.78 is 14.6. The lowest BCUT2D eigenvalue weighted by molar-refractivity contribution is 0.629. The van der Waals surface area contributed by atoms with Crippen molar-refractivity contribution in [3.05, 3.63) is 42.5 Å². The number of rotatable bonds is 0. The van der Waals surface area contributed by atoms with Crippen LogP contribution in [0.5, 0.6) is 0 Å². The van der Waals surface area contributed by atoms with Gasteiger partial charge < -0.3 is 0 Å². The van der Waals surface area contributed by atoms with E-state index in [0.717, 1.165) is 16.6 Å². The molecule has 2 aromatic heterocycles. The first kappa shape index (κ1) is 7.44. The highest BCUT2D eigenvalue weighted by molar-refractivity contribution is 5.80. The molecule has 0 N–H and O–H groups in total. The van der Waals surface area contributed by atoms with Crippen molar-refractivity contribution < 1.29 is 4.39 Å². The summed E-state index contributed by atoms with van der Waals surface area (Å²) in [5.41, 5.74) is 1.46. The Balaban J connectivity index is 2.60. The van der Waals surface area contributed by atoms with Crippen molar-refractivity contribution in [3.63, 3.8) is 0 Å². The Kier molecular flexibility index (Phi) is 1.33. The minimum atomic E-state index is -0.263. The van der Waals surface area contributed by atoms with E-state index in [-0.39, 0.29) is 5.82 Å². The van der Waals surface area contributed by atoms with Gasteiger partial charge in [-0.15, -0.1) is 0 Å². The lowest BCUT2D eigenvalue weighted by Gasteiger charge is -1.99. The number of fused-ring (bicyclic) bond motifs is 3. The molecule has 0 fully saturated rings. The molecule has 68 valence electrons. The fraction of sp³-hybridized carbons (Fsp3) is 0. The average Bonchev–Trinajstić information content (AvgIpc) is 2.65. The molecule has 1 aromatic carbocycles. The second-order valence-electron chi connectivity index (χ2n) is 3.06. The number of hydrogen-bond donors (Lipinski definition) is 0. The Labute approximate surface area is 78.8 Å². The smallest absolute Gasteiger partial charge is 0.155 e. The normalized spacial score (nSPS) is 11.2. The highest BCUT2D eigenvalue weighted by Gasteiger charge is 2.02. The van der Waals surface area contributed by atoms with E-state index in [9.17, 15) is 4.39 Å². The molecule has 3 rings (SSSR count). The van der Waals surface area contributed by atoms with Crippen molar-refractivity contribution in [1.82, 2.24) is 14.6 Å². The van der Waals surface area contributed by atoms with Crippen molar-refractivity contribution in [2.45, 2.75) is 0 Å². The maximum atomic E-state index is 13.0. The lowest BCUT2D eigenvalue weighted by atomic mass is 10.2. The van der Waals surface area contributed by atoms with Crippen LogP contribution >= 0.6 is 0 Å². The van der Waals surface area contributed by atoms with E-state index in [1.165, 1.54) is 12.1 Å². The van der Waals surface area contributed by atoms with Crippen molar-refractivity contribution in [1.29, 1.82) is 0 Å². The van der Waals surface area contributed by atoms with Crippen LogP contribution in [0.4, 0.5) is 4.39 Å². The highest BCUT2D eigenvalue weighted by atomic mass is 19.1. The fourth-order valence-corrected chi connectivity index (χ4v) is 1.52. The molecule has 0 atom stereocenters. The maximum Gasteiger partial charge on any atom is 0.155 e. The van der Waals surface area contributed by atoms with Gasteiger partial charge in [0.05, 0.1) is 11.7 Å². The number of aromatic nitrogens is 3. The predicted molar refractivity (Wildman–Crippen MR) is 50.5 cm³/mol. The van der Waals surface area contributed by atoms with Crippen LogP contribution < -0.4 is 0 Å². The standard InChI is InChI=1S/C10H6FN3/c11-8-2-1-7-6-12-10-3-4-13-14(10)9(7)5-8/h1-6H. The van der Waals surface area contributed by atoms with Crippen LogP contribution in [0, 0.1) is 5.82 Å². The zero-order valence-corrected chi connectivity index (χ0v) is 7.18. The maximum absolute atomic E-state index is 13.0. The molecule has 0 radical (unpaired) electrons. The zero-order valence-electron chi connectivity index (χ0n) is 7.18. The molecule has 0 unspecified atom stereocenters. The minimum absolute atomic E-state index is 0.263. The average molecular weight is 187 g/mol. The van der Waals surface area contributed by atoms with Gasteiger partial charge in [-0.2, -0.15) is 5.10 Å². The highest BCUT2D eigenvalue weighted by Crippen LogP contribution is 2.15. The molecule has 0 saturated carbocycles. The quantitative estimate of drug-likeness (QED) is 0.539. The Morgan fingerprint density at radius 1 is 1.21 bits per heavy atom. The fourth-order valence-electron chi connectivity index (χ4n) is 1.52. The van der Waals surface area contributed by atoms with Gasteiger partial charge in [0.25, 0.3) is 0 Å². The molecule has 0 spiro atoms. The summed E-state index contributed by atoms with van der Waals surface area (Å²) in [5, 5.41) is 4.95. The third-order valence-electron chi connectivity index (χ3n) is 2.18. The van der Waals surface area contributed by atoms with Gasteiger partial charge in [-0.1, -0.05) is 0 Å². The van der Waals surface area contributed by atoms with Gasteiger partial charge in [0.15, 0.2) is 5.65 Å². The monoisotopic (exact) mass is 187 g/mol. The molecule has 2 heterocycles. The van der Waals surface area contributed by atoms with Crippen LogP contribution in [0.1, 0.15) is 0 Å². The van der Waals surface area contributed by atoms with Gasteiger partial charge in [0.2, 0.25) is 0 Å². The SMILES string of the molecule is Fc1ccc2cnc3ccnn3c2c1. The molecular weight excluding hydrogens is 181 g/mol. The Morgan fingerprint density at radius 2 is 2.14 bits per heavy atom. The van der Waals surface area contributed by atoms with Crippen molar-refractivity contribution in [2.24, 2.45) is 0 Å². The molecule has 3 nitrogen and oxygen atoms in total. The number of benzene rings is 1. The van der Waals surface area contributed by atoms with E-state index in [0.29, 0.717) is 0 Å². The summed E-state index contributed by atoms with van der Waals surface area (Å²) in [5.74, 6) is -0.263. The van der Waals surface area contributed by atoms with Crippen molar-refractivity contribution in [3.8, 4) is 0 Å². The predicted octanol–water partition coefficient (Wildman–Crippen LogP) is 2.02. The van der Waals surface area contributed by atoms with E-state index < -0.39 is 0 Å². The molecule has 0 bridgehead atoms. The van der Waals surface area contributed by atoms with Gasteiger partial charge in [0.1, 0.15) is 5.82 Å². The summed E-state index contributed by atoms with van der Waals surface area (Å²) >= 11 is 0. The largest absolute Gasteiger partial charge is 0.236 e. The first-order valence-corrected chi connectivity index (χ1v) is 4.22.